The third kappa shape index (κ3) is 2.58. The summed E-state index contributed by atoms with van der Waals surface area (Å²) in [5, 5.41) is 0. The molecule has 0 amide bonds. The number of methoxy groups -OCH3 is 1. The number of ether oxygens (including phenoxy) is 2. The van der Waals surface area contributed by atoms with E-state index in [-0.39, 0.29) is 0 Å². The van der Waals surface area contributed by atoms with Gasteiger partial charge in [0.1, 0.15) is 23.5 Å². The molecule has 104 valence electrons. The molecule has 0 aromatic heterocycles. The number of carbonyl (C=O) groups excluding carboxylic acids is 1. The summed E-state index contributed by atoms with van der Waals surface area (Å²) < 4.78 is 11.1. The molecular formula is C18H14O3. The molecule has 3 heteroatoms. The molecule has 3 rings (SSSR count). The van der Waals surface area contributed by atoms with E-state index in [0.717, 1.165) is 34.5 Å². The van der Waals surface area contributed by atoms with E-state index in [1.54, 1.807) is 13.2 Å². The van der Waals surface area contributed by atoms with Crippen LogP contribution in [0.15, 0.2) is 60.7 Å². The average molecular weight is 278 g/mol. The monoisotopic (exact) mass is 278 g/mol. The lowest BCUT2D eigenvalue weighted by molar-refractivity contribution is -0.104. The van der Waals surface area contributed by atoms with Crippen molar-refractivity contribution in [3.63, 3.8) is 0 Å². The Hall–Kier alpha value is -2.81. The summed E-state index contributed by atoms with van der Waals surface area (Å²) in [6, 6.07) is 15.3. The van der Waals surface area contributed by atoms with Crippen LogP contribution in [0.25, 0.3) is 11.3 Å². The van der Waals surface area contributed by atoms with E-state index in [4.69, 9.17) is 9.47 Å². The molecule has 1 heterocycles. The molecule has 0 saturated heterocycles. The van der Waals surface area contributed by atoms with Crippen molar-refractivity contribution in [3.8, 4) is 11.5 Å². The van der Waals surface area contributed by atoms with Crippen molar-refractivity contribution in [1.82, 2.24) is 0 Å². The summed E-state index contributed by atoms with van der Waals surface area (Å²) in [6.07, 6.45) is 4.21. The van der Waals surface area contributed by atoms with Gasteiger partial charge in [-0.25, -0.2) is 0 Å². The highest BCUT2D eigenvalue weighted by Gasteiger charge is 2.17. The number of rotatable bonds is 3. The minimum Gasteiger partial charge on any atom is -0.497 e. The lowest BCUT2D eigenvalue weighted by atomic mass is 9.99. The third-order valence-electron chi connectivity index (χ3n) is 3.33. The molecule has 0 atom stereocenters. The normalized spacial score (nSPS) is 14.9. The fraction of sp³-hybridized carbons (Fsp3) is 0.0556. The van der Waals surface area contributed by atoms with Crippen molar-refractivity contribution in [1.29, 1.82) is 0 Å². The Morgan fingerprint density at radius 3 is 2.52 bits per heavy atom. The van der Waals surface area contributed by atoms with Crippen LogP contribution < -0.4 is 9.47 Å². The van der Waals surface area contributed by atoms with Crippen molar-refractivity contribution in [3.05, 3.63) is 71.8 Å². The number of fused-ring (bicyclic) bond motifs is 1. The lowest BCUT2D eigenvalue weighted by Crippen LogP contribution is -2.03. The number of benzene rings is 2. The fourth-order valence-corrected chi connectivity index (χ4v) is 2.27. The molecule has 0 saturated carbocycles. The van der Waals surface area contributed by atoms with Gasteiger partial charge in [-0.05, 0) is 48.1 Å². The van der Waals surface area contributed by atoms with Gasteiger partial charge in [-0.2, -0.15) is 0 Å². The molecular weight excluding hydrogens is 264 g/mol. The number of aldehydes is 1. The topological polar surface area (TPSA) is 35.5 Å². The first kappa shape index (κ1) is 13.2. The predicted octanol–water partition coefficient (Wildman–Crippen LogP) is 3.71. The molecule has 3 nitrogen and oxygen atoms in total. The Labute approximate surface area is 123 Å². The van der Waals surface area contributed by atoms with Crippen molar-refractivity contribution in [2.24, 2.45) is 0 Å². The van der Waals surface area contributed by atoms with Crippen LogP contribution in [-0.2, 0) is 4.79 Å². The maximum absolute atomic E-state index is 10.8. The highest BCUT2D eigenvalue weighted by atomic mass is 16.5. The fourth-order valence-electron chi connectivity index (χ4n) is 2.27. The molecule has 0 unspecified atom stereocenters. The molecule has 1 aliphatic heterocycles. The van der Waals surface area contributed by atoms with Crippen LogP contribution in [0.5, 0.6) is 11.5 Å². The molecule has 0 radical (unpaired) electrons. The molecule has 0 fully saturated rings. The smallest absolute Gasteiger partial charge is 0.143 e. The highest BCUT2D eigenvalue weighted by Crippen LogP contribution is 2.36. The predicted molar refractivity (Wildman–Crippen MR) is 82.1 cm³/mol. The van der Waals surface area contributed by atoms with Crippen molar-refractivity contribution >= 4 is 17.6 Å². The second kappa shape index (κ2) is 5.67. The van der Waals surface area contributed by atoms with E-state index < -0.39 is 0 Å². The van der Waals surface area contributed by atoms with Crippen LogP contribution in [0, 0.1) is 0 Å². The first-order chi connectivity index (χ1) is 10.3. The zero-order chi connectivity index (χ0) is 14.7. The maximum atomic E-state index is 10.8. The Bertz CT molecular complexity index is 724. The molecule has 0 N–H and O–H groups in total. The van der Waals surface area contributed by atoms with Gasteiger partial charge < -0.3 is 9.47 Å². The van der Waals surface area contributed by atoms with E-state index in [0.29, 0.717) is 5.76 Å². The summed E-state index contributed by atoms with van der Waals surface area (Å²) in [4.78, 5) is 10.8. The summed E-state index contributed by atoms with van der Waals surface area (Å²) in [7, 11) is 1.63. The van der Waals surface area contributed by atoms with Crippen molar-refractivity contribution in [2.45, 2.75) is 0 Å². The standard InChI is InChI=1S/C18H14O3/c1-20-15-8-6-13(7-9-15)18-12-14(10-11-19)16-4-2-3-5-17(16)21-18/h2-12H,1H3/b14-10+. The van der Waals surface area contributed by atoms with Gasteiger partial charge in [0, 0.05) is 11.1 Å². The molecule has 1 aliphatic rings. The van der Waals surface area contributed by atoms with Crippen LogP contribution in [0.1, 0.15) is 11.1 Å². The Morgan fingerprint density at radius 2 is 1.81 bits per heavy atom. The van der Waals surface area contributed by atoms with Crippen molar-refractivity contribution < 1.29 is 14.3 Å². The largest absolute Gasteiger partial charge is 0.497 e. The van der Waals surface area contributed by atoms with Gasteiger partial charge in [0.15, 0.2) is 0 Å². The SMILES string of the molecule is COc1ccc(C2=C/C(=C\C=O)c3ccccc3O2)cc1. The van der Waals surface area contributed by atoms with E-state index in [2.05, 4.69) is 0 Å². The Balaban J connectivity index is 2.04. The van der Waals surface area contributed by atoms with E-state index >= 15 is 0 Å². The second-order valence-corrected chi connectivity index (χ2v) is 4.59. The number of hydrogen-bond donors (Lipinski definition) is 0. The maximum Gasteiger partial charge on any atom is 0.143 e. The number of hydrogen-bond acceptors (Lipinski definition) is 3. The Morgan fingerprint density at radius 1 is 1.05 bits per heavy atom. The first-order valence-electron chi connectivity index (χ1n) is 6.60. The minimum absolute atomic E-state index is 0.712. The van der Waals surface area contributed by atoms with Gasteiger partial charge in [0.25, 0.3) is 0 Å². The molecule has 0 bridgehead atoms. The quantitative estimate of drug-likeness (QED) is 0.634. The second-order valence-electron chi connectivity index (χ2n) is 4.59. The van der Waals surface area contributed by atoms with Crippen LogP contribution in [-0.4, -0.2) is 13.4 Å². The van der Waals surface area contributed by atoms with Crippen molar-refractivity contribution in [2.75, 3.05) is 7.11 Å². The highest BCUT2D eigenvalue weighted by molar-refractivity contribution is 5.94. The van der Waals surface area contributed by atoms with E-state index in [9.17, 15) is 4.79 Å². The van der Waals surface area contributed by atoms with Gasteiger partial charge in [0.2, 0.25) is 0 Å². The Kier molecular flexibility index (Phi) is 3.56. The minimum atomic E-state index is 0.712. The van der Waals surface area contributed by atoms with Crippen LogP contribution in [0.2, 0.25) is 0 Å². The van der Waals surface area contributed by atoms with Gasteiger partial charge in [-0.15, -0.1) is 0 Å². The van der Waals surface area contributed by atoms with Crippen LogP contribution in [0.4, 0.5) is 0 Å². The van der Waals surface area contributed by atoms with Gasteiger partial charge in [0.05, 0.1) is 7.11 Å². The molecule has 2 aromatic rings. The number of carbonyl (C=O) groups is 1. The zero-order valence-corrected chi connectivity index (χ0v) is 11.6. The van der Waals surface area contributed by atoms with E-state index in [1.165, 1.54) is 0 Å². The summed E-state index contributed by atoms with van der Waals surface area (Å²) >= 11 is 0. The summed E-state index contributed by atoms with van der Waals surface area (Å²) in [5.41, 5.74) is 2.70. The summed E-state index contributed by atoms with van der Waals surface area (Å²) in [5.74, 6) is 2.25. The third-order valence-corrected chi connectivity index (χ3v) is 3.33. The van der Waals surface area contributed by atoms with Gasteiger partial charge in [-0.1, -0.05) is 18.2 Å². The van der Waals surface area contributed by atoms with Crippen LogP contribution >= 0.6 is 0 Å². The number of allylic oxidation sites excluding steroid dienone is 3. The number of para-hydroxylation sites is 1. The van der Waals surface area contributed by atoms with Gasteiger partial charge in [-0.3, -0.25) is 4.79 Å². The van der Waals surface area contributed by atoms with Crippen LogP contribution in [0.3, 0.4) is 0 Å². The first-order valence-corrected chi connectivity index (χ1v) is 6.60. The molecule has 0 aliphatic carbocycles. The zero-order valence-electron chi connectivity index (χ0n) is 11.6. The average Bonchev–Trinajstić information content (AvgIpc) is 2.55. The molecule has 2 aromatic carbocycles. The molecule has 0 spiro atoms. The van der Waals surface area contributed by atoms with Gasteiger partial charge >= 0.3 is 0 Å². The lowest BCUT2D eigenvalue weighted by Gasteiger charge is -2.20. The van der Waals surface area contributed by atoms with E-state index in [1.807, 2.05) is 54.6 Å². The summed E-state index contributed by atoms with van der Waals surface area (Å²) in [6.45, 7) is 0. The molecule has 21 heavy (non-hydrogen) atoms.